The Hall–Kier alpha value is -0.830. The third-order valence-corrected chi connectivity index (χ3v) is 0.484. The largest absolute Gasteiger partial charge is 0.304 e. The Labute approximate surface area is 49.5 Å². The zero-order chi connectivity index (χ0) is 6.41. The first kappa shape index (κ1) is 7.17. The van der Waals surface area contributed by atoms with Gasteiger partial charge in [0.2, 0.25) is 0 Å². The molecule has 3 heteroatoms. The number of aliphatic imine (C=N–C) groups is 1. The summed E-state index contributed by atoms with van der Waals surface area (Å²) in [6.07, 6.45) is 5.03. The van der Waals surface area contributed by atoms with Crippen LogP contribution in [0.25, 0.3) is 0 Å². The number of nitrogens with zero attached hydrogens (tertiary/aromatic N) is 2. The van der Waals surface area contributed by atoms with E-state index >= 15 is 0 Å². The number of allylic oxidation sites excluding steroid dienone is 1. The molecule has 2 N–H and O–H groups in total. The van der Waals surface area contributed by atoms with Crippen molar-refractivity contribution in [2.45, 2.75) is 6.92 Å². The lowest BCUT2D eigenvalue weighted by atomic mass is 10.7. The lowest BCUT2D eigenvalue weighted by Crippen LogP contribution is -2.23. The molecule has 0 fully saturated rings. The summed E-state index contributed by atoms with van der Waals surface area (Å²) in [6, 6.07) is 0. The van der Waals surface area contributed by atoms with Crippen molar-refractivity contribution in [2.75, 3.05) is 7.05 Å². The molecular formula is C5H11N3. The van der Waals surface area contributed by atoms with Gasteiger partial charge in [-0.25, -0.2) is 10.8 Å². The summed E-state index contributed by atoms with van der Waals surface area (Å²) < 4.78 is 0. The van der Waals surface area contributed by atoms with Crippen LogP contribution in [0, 0.1) is 0 Å². The first-order valence-corrected chi connectivity index (χ1v) is 2.39. The van der Waals surface area contributed by atoms with Gasteiger partial charge in [-0.15, -0.1) is 0 Å². The van der Waals surface area contributed by atoms with E-state index in [-0.39, 0.29) is 0 Å². The van der Waals surface area contributed by atoms with Crippen LogP contribution in [0.5, 0.6) is 0 Å². The molecule has 0 saturated heterocycles. The van der Waals surface area contributed by atoms with Crippen molar-refractivity contribution in [3.8, 4) is 0 Å². The van der Waals surface area contributed by atoms with Crippen molar-refractivity contribution in [1.82, 2.24) is 5.01 Å². The van der Waals surface area contributed by atoms with Crippen LogP contribution >= 0.6 is 0 Å². The van der Waals surface area contributed by atoms with Crippen LogP contribution in [0.15, 0.2) is 17.3 Å². The molecule has 0 aromatic carbocycles. The highest BCUT2D eigenvalue weighted by atomic mass is 15.4. The normalized spacial score (nSPS) is 11.4. The molecule has 3 nitrogen and oxygen atoms in total. The second-order valence-corrected chi connectivity index (χ2v) is 1.41. The molecule has 0 saturated carbocycles. The molecular weight excluding hydrogens is 102 g/mol. The van der Waals surface area contributed by atoms with Crippen LogP contribution in [0.4, 0.5) is 0 Å². The molecule has 0 unspecified atom stereocenters. The summed E-state index contributed by atoms with van der Waals surface area (Å²) in [6.45, 7) is 1.90. The Morgan fingerprint density at radius 1 is 1.62 bits per heavy atom. The molecule has 46 valence electrons. The van der Waals surface area contributed by atoms with Gasteiger partial charge < -0.3 is 5.01 Å². The average Bonchev–Trinajstić information content (AvgIpc) is 1.66. The van der Waals surface area contributed by atoms with Crippen molar-refractivity contribution >= 4 is 6.34 Å². The van der Waals surface area contributed by atoms with Gasteiger partial charge in [0, 0.05) is 13.2 Å². The van der Waals surface area contributed by atoms with Crippen molar-refractivity contribution in [3.63, 3.8) is 0 Å². The van der Waals surface area contributed by atoms with Crippen LogP contribution in [-0.2, 0) is 0 Å². The standard InChI is InChI=1S/C5H11N3/c1-3-4-7-5-8(2)6/h3-5H,6H2,1-2H3/b4-3+,7-5?. The van der Waals surface area contributed by atoms with E-state index in [1.165, 1.54) is 11.3 Å². The van der Waals surface area contributed by atoms with Gasteiger partial charge in [0.15, 0.2) is 0 Å². The van der Waals surface area contributed by atoms with E-state index in [2.05, 4.69) is 4.99 Å². The van der Waals surface area contributed by atoms with Crippen molar-refractivity contribution in [1.29, 1.82) is 0 Å². The van der Waals surface area contributed by atoms with Gasteiger partial charge in [-0.05, 0) is 6.92 Å². The van der Waals surface area contributed by atoms with E-state index < -0.39 is 0 Å². The average molecular weight is 113 g/mol. The predicted octanol–water partition coefficient (Wildman–Crippen LogP) is 0.354. The maximum absolute atomic E-state index is 5.18. The van der Waals surface area contributed by atoms with Gasteiger partial charge in [-0.2, -0.15) is 0 Å². The second kappa shape index (κ2) is 4.33. The molecule has 0 radical (unpaired) electrons. The fourth-order valence-electron chi connectivity index (χ4n) is 0.230. The van der Waals surface area contributed by atoms with Crippen molar-refractivity contribution < 1.29 is 0 Å². The van der Waals surface area contributed by atoms with E-state index in [9.17, 15) is 0 Å². The minimum Gasteiger partial charge on any atom is -0.304 e. The highest BCUT2D eigenvalue weighted by molar-refractivity contribution is 5.54. The Kier molecular flexibility index (Phi) is 3.88. The molecule has 0 heterocycles. The summed E-state index contributed by atoms with van der Waals surface area (Å²) in [5.74, 6) is 5.18. The minimum absolute atomic E-state index is 1.39. The second-order valence-electron chi connectivity index (χ2n) is 1.41. The Morgan fingerprint density at radius 3 is 2.62 bits per heavy atom. The summed E-state index contributed by atoms with van der Waals surface area (Å²) in [7, 11) is 1.72. The van der Waals surface area contributed by atoms with E-state index in [1.54, 1.807) is 13.2 Å². The summed E-state index contributed by atoms with van der Waals surface area (Å²) in [5.41, 5.74) is 0. The quantitative estimate of drug-likeness (QED) is 0.243. The number of hydrazine groups is 1. The predicted molar refractivity (Wildman–Crippen MR) is 35.3 cm³/mol. The first-order chi connectivity index (χ1) is 3.77. The third kappa shape index (κ3) is 5.17. The fraction of sp³-hybridized carbons (Fsp3) is 0.400. The highest BCUT2D eigenvalue weighted by Crippen LogP contribution is 1.69. The number of nitrogens with two attached hydrogens (primary N) is 1. The number of hydrogen-bond acceptors (Lipinski definition) is 2. The van der Waals surface area contributed by atoms with Crippen LogP contribution in [-0.4, -0.2) is 18.4 Å². The molecule has 0 atom stereocenters. The Bertz CT molecular complexity index is 93.8. The molecule has 0 aliphatic rings. The molecule has 0 rings (SSSR count). The molecule has 0 spiro atoms. The molecule has 0 aliphatic carbocycles. The third-order valence-electron chi connectivity index (χ3n) is 0.484. The smallest absolute Gasteiger partial charge is 0.104 e. The summed E-state index contributed by atoms with van der Waals surface area (Å²) in [4.78, 5) is 3.78. The highest BCUT2D eigenvalue weighted by Gasteiger charge is 1.69. The Balaban J connectivity index is 3.34. The summed E-state index contributed by atoms with van der Waals surface area (Å²) >= 11 is 0. The number of hydrogen-bond donors (Lipinski definition) is 1. The van der Waals surface area contributed by atoms with Gasteiger partial charge in [-0.3, -0.25) is 0 Å². The lowest BCUT2D eigenvalue weighted by Gasteiger charge is -1.98. The molecule has 0 amide bonds. The van der Waals surface area contributed by atoms with Crippen LogP contribution in [0.3, 0.4) is 0 Å². The van der Waals surface area contributed by atoms with Gasteiger partial charge in [0.05, 0.1) is 0 Å². The molecule has 0 aromatic heterocycles. The van der Waals surface area contributed by atoms with Gasteiger partial charge >= 0.3 is 0 Å². The van der Waals surface area contributed by atoms with Gasteiger partial charge in [-0.1, -0.05) is 6.08 Å². The molecule has 0 aromatic rings. The molecule has 8 heavy (non-hydrogen) atoms. The lowest BCUT2D eigenvalue weighted by molar-refractivity contribution is 0.556. The fourth-order valence-corrected chi connectivity index (χ4v) is 0.230. The zero-order valence-electron chi connectivity index (χ0n) is 5.20. The van der Waals surface area contributed by atoms with Crippen LogP contribution < -0.4 is 5.84 Å². The van der Waals surface area contributed by atoms with Crippen LogP contribution in [0.1, 0.15) is 6.92 Å². The minimum atomic E-state index is 1.39. The molecule has 0 aliphatic heterocycles. The topological polar surface area (TPSA) is 41.6 Å². The number of rotatable bonds is 2. The van der Waals surface area contributed by atoms with Gasteiger partial charge in [0.1, 0.15) is 6.34 Å². The Morgan fingerprint density at radius 2 is 2.25 bits per heavy atom. The van der Waals surface area contributed by atoms with E-state index in [0.717, 1.165) is 0 Å². The SMILES string of the molecule is C/C=C/N=CN(C)N. The van der Waals surface area contributed by atoms with Crippen molar-refractivity contribution in [2.24, 2.45) is 10.8 Å². The van der Waals surface area contributed by atoms with E-state index in [0.29, 0.717) is 0 Å². The van der Waals surface area contributed by atoms with Crippen LogP contribution in [0.2, 0.25) is 0 Å². The van der Waals surface area contributed by atoms with E-state index in [4.69, 9.17) is 5.84 Å². The molecule has 0 bridgehead atoms. The zero-order valence-corrected chi connectivity index (χ0v) is 5.20. The van der Waals surface area contributed by atoms with E-state index in [1.807, 2.05) is 13.0 Å². The maximum Gasteiger partial charge on any atom is 0.104 e. The first-order valence-electron chi connectivity index (χ1n) is 2.39. The summed E-state index contributed by atoms with van der Waals surface area (Å²) in [5, 5.41) is 1.39. The van der Waals surface area contributed by atoms with Crippen molar-refractivity contribution in [3.05, 3.63) is 12.3 Å². The monoisotopic (exact) mass is 113 g/mol. The maximum atomic E-state index is 5.18. The van der Waals surface area contributed by atoms with Gasteiger partial charge in [0.25, 0.3) is 0 Å².